The molecule has 1 aromatic carbocycles. The van der Waals surface area contributed by atoms with Crippen LogP contribution in [0.3, 0.4) is 0 Å². The van der Waals surface area contributed by atoms with Crippen molar-refractivity contribution < 1.29 is 5.11 Å². The van der Waals surface area contributed by atoms with Crippen LogP contribution in [0.1, 0.15) is 5.56 Å². The average Bonchev–Trinajstić information content (AvgIpc) is 2.66. The number of hydrogen-bond acceptors (Lipinski definition) is 3. The Morgan fingerprint density at radius 1 is 1.44 bits per heavy atom. The Balaban J connectivity index is 2.02. The van der Waals surface area contributed by atoms with E-state index in [1.165, 1.54) is 11.3 Å². The summed E-state index contributed by atoms with van der Waals surface area (Å²) in [6.07, 6.45) is 1.11. The van der Waals surface area contributed by atoms with Crippen LogP contribution in [-0.4, -0.2) is 31.9 Å². The third kappa shape index (κ3) is 2.29. The molecule has 1 aliphatic rings. The Morgan fingerprint density at radius 3 is 3.12 bits per heavy atom. The van der Waals surface area contributed by atoms with Gasteiger partial charge in [-0.3, -0.25) is 0 Å². The number of rotatable bonds is 2. The fourth-order valence-corrected chi connectivity index (χ4v) is 1.94. The van der Waals surface area contributed by atoms with Crippen molar-refractivity contribution in [3.05, 3.63) is 23.8 Å². The van der Waals surface area contributed by atoms with Crippen molar-refractivity contribution in [1.29, 1.82) is 0 Å². The first kappa shape index (κ1) is 10.8. The van der Waals surface area contributed by atoms with Gasteiger partial charge in [0.2, 0.25) is 0 Å². The third-order valence-corrected chi connectivity index (χ3v) is 2.79. The minimum absolute atomic E-state index is 0.0728. The van der Waals surface area contributed by atoms with E-state index in [-0.39, 0.29) is 6.61 Å². The minimum atomic E-state index is -0.0728. The van der Waals surface area contributed by atoms with Gasteiger partial charge in [-0.2, -0.15) is 0 Å². The van der Waals surface area contributed by atoms with Gasteiger partial charge in [0.25, 0.3) is 0 Å². The molecule has 0 aromatic heterocycles. The number of benzene rings is 1. The van der Waals surface area contributed by atoms with E-state index in [1.807, 2.05) is 0 Å². The molecule has 0 radical (unpaired) electrons. The van der Waals surface area contributed by atoms with Crippen molar-refractivity contribution in [2.75, 3.05) is 37.0 Å². The van der Waals surface area contributed by atoms with Gasteiger partial charge in [-0.25, -0.2) is 0 Å². The number of fused-ring (bicyclic) bond motifs is 1. The smallest absolute Gasteiger partial charge is 0.104 e. The lowest BCUT2D eigenvalue weighted by molar-refractivity contribution is 0.350. The Morgan fingerprint density at radius 2 is 2.31 bits per heavy atom. The summed E-state index contributed by atoms with van der Waals surface area (Å²) in [5.74, 6) is 5.45. The lowest BCUT2D eigenvalue weighted by Gasteiger charge is -2.12. The van der Waals surface area contributed by atoms with Crippen molar-refractivity contribution in [1.82, 2.24) is 0 Å². The van der Waals surface area contributed by atoms with E-state index in [2.05, 4.69) is 47.3 Å². The normalized spacial score (nSPS) is 13.0. The van der Waals surface area contributed by atoms with Gasteiger partial charge in [-0.15, -0.1) is 0 Å². The first-order valence-electron chi connectivity index (χ1n) is 5.46. The second-order valence-electron chi connectivity index (χ2n) is 3.88. The average molecular weight is 216 g/mol. The monoisotopic (exact) mass is 216 g/mol. The van der Waals surface area contributed by atoms with Gasteiger partial charge in [0.15, 0.2) is 0 Å². The number of hydrogen-bond donors (Lipinski definition) is 2. The maximum absolute atomic E-state index is 8.51. The van der Waals surface area contributed by atoms with Gasteiger partial charge in [0, 0.05) is 25.0 Å². The summed E-state index contributed by atoms with van der Waals surface area (Å²) in [6, 6.07) is 6.39. The number of nitrogens with one attached hydrogen (secondary N) is 1. The molecular weight excluding hydrogens is 200 g/mol. The molecular formula is C13H16N2O. The highest BCUT2D eigenvalue weighted by atomic mass is 16.2. The van der Waals surface area contributed by atoms with Gasteiger partial charge < -0.3 is 15.3 Å². The number of likely N-dealkylation sites (N-methyl/N-ethyl adjacent to an activating group) is 1. The van der Waals surface area contributed by atoms with Crippen LogP contribution in [0.4, 0.5) is 11.4 Å². The molecule has 0 aliphatic carbocycles. The summed E-state index contributed by atoms with van der Waals surface area (Å²) < 4.78 is 0. The highest BCUT2D eigenvalue weighted by Gasteiger charge is 2.14. The molecule has 1 heterocycles. The van der Waals surface area contributed by atoms with Gasteiger partial charge >= 0.3 is 0 Å². The fourth-order valence-electron chi connectivity index (χ4n) is 1.94. The van der Waals surface area contributed by atoms with E-state index in [0.717, 1.165) is 18.7 Å². The van der Waals surface area contributed by atoms with E-state index >= 15 is 0 Å². The molecule has 0 spiro atoms. The molecule has 2 rings (SSSR count). The van der Waals surface area contributed by atoms with E-state index in [1.54, 1.807) is 0 Å². The summed E-state index contributed by atoms with van der Waals surface area (Å²) in [6.45, 7) is 1.61. The van der Waals surface area contributed by atoms with Crippen molar-refractivity contribution in [3.8, 4) is 11.8 Å². The van der Waals surface area contributed by atoms with Crippen LogP contribution < -0.4 is 10.2 Å². The maximum atomic E-state index is 8.51. The summed E-state index contributed by atoms with van der Waals surface area (Å²) in [4.78, 5) is 2.27. The Labute approximate surface area is 96.1 Å². The molecule has 1 aromatic rings. The second kappa shape index (κ2) is 4.91. The highest BCUT2D eigenvalue weighted by molar-refractivity contribution is 5.63. The summed E-state index contributed by atoms with van der Waals surface area (Å²) >= 11 is 0. The predicted octanol–water partition coefficient (Wildman–Crippen LogP) is 1.09. The Bertz CT molecular complexity index is 431. The molecule has 0 saturated heterocycles. The number of anilines is 2. The zero-order chi connectivity index (χ0) is 11.4. The van der Waals surface area contributed by atoms with Crippen molar-refractivity contribution in [3.63, 3.8) is 0 Å². The molecule has 0 amide bonds. The van der Waals surface area contributed by atoms with Gasteiger partial charge in [-0.05, 0) is 30.2 Å². The molecule has 0 fully saturated rings. The van der Waals surface area contributed by atoms with Crippen LogP contribution in [0.15, 0.2) is 18.2 Å². The van der Waals surface area contributed by atoms with E-state index in [4.69, 9.17) is 5.11 Å². The summed E-state index contributed by atoms with van der Waals surface area (Å²) in [5, 5.41) is 11.7. The SMILES string of the molecule is CN1CCc2cc(NCC#CCO)ccc21. The van der Waals surface area contributed by atoms with Crippen LogP contribution in [-0.2, 0) is 6.42 Å². The third-order valence-electron chi connectivity index (χ3n) is 2.79. The molecule has 84 valence electrons. The lowest BCUT2D eigenvalue weighted by atomic mass is 10.1. The number of nitrogens with zero attached hydrogens (tertiary/aromatic N) is 1. The van der Waals surface area contributed by atoms with Crippen LogP contribution in [0.2, 0.25) is 0 Å². The topological polar surface area (TPSA) is 35.5 Å². The van der Waals surface area contributed by atoms with Crippen molar-refractivity contribution >= 4 is 11.4 Å². The lowest BCUT2D eigenvalue weighted by Crippen LogP contribution is -2.12. The predicted molar refractivity (Wildman–Crippen MR) is 66.8 cm³/mol. The quantitative estimate of drug-likeness (QED) is 0.726. The highest BCUT2D eigenvalue weighted by Crippen LogP contribution is 2.28. The van der Waals surface area contributed by atoms with Crippen molar-refractivity contribution in [2.24, 2.45) is 0 Å². The minimum Gasteiger partial charge on any atom is -0.384 e. The Kier molecular flexibility index (Phi) is 3.33. The van der Waals surface area contributed by atoms with Gasteiger partial charge in [-0.1, -0.05) is 11.8 Å². The second-order valence-corrected chi connectivity index (χ2v) is 3.88. The van der Waals surface area contributed by atoms with Crippen LogP contribution in [0.5, 0.6) is 0 Å². The standard InChI is InChI=1S/C13H16N2O/c1-15-8-6-11-10-12(4-5-13(11)15)14-7-2-3-9-16/h4-5,10,14,16H,6-9H2,1H3. The molecule has 0 saturated carbocycles. The molecule has 3 heteroatoms. The van der Waals surface area contributed by atoms with Crippen LogP contribution in [0, 0.1) is 11.8 Å². The number of aliphatic hydroxyl groups is 1. The molecule has 1 aliphatic heterocycles. The first-order chi connectivity index (χ1) is 7.81. The zero-order valence-electron chi connectivity index (χ0n) is 9.45. The summed E-state index contributed by atoms with van der Waals surface area (Å²) in [5.41, 5.74) is 3.82. The van der Waals surface area contributed by atoms with Gasteiger partial charge in [0.1, 0.15) is 6.61 Å². The van der Waals surface area contributed by atoms with E-state index in [0.29, 0.717) is 6.54 Å². The first-order valence-corrected chi connectivity index (χ1v) is 5.46. The van der Waals surface area contributed by atoms with Crippen molar-refractivity contribution in [2.45, 2.75) is 6.42 Å². The fraction of sp³-hybridized carbons (Fsp3) is 0.385. The molecule has 3 nitrogen and oxygen atoms in total. The van der Waals surface area contributed by atoms with Crippen LogP contribution in [0.25, 0.3) is 0 Å². The number of aliphatic hydroxyl groups excluding tert-OH is 1. The molecule has 0 unspecified atom stereocenters. The molecule has 2 N–H and O–H groups in total. The molecule has 16 heavy (non-hydrogen) atoms. The van der Waals surface area contributed by atoms with Gasteiger partial charge in [0.05, 0.1) is 6.54 Å². The van der Waals surface area contributed by atoms with E-state index in [9.17, 15) is 0 Å². The molecule has 0 atom stereocenters. The zero-order valence-corrected chi connectivity index (χ0v) is 9.45. The molecule has 0 bridgehead atoms. The Hall–Kier alpha value is -1.66. The largest absolute Gasteiger partial charge is 0.384 e. The van der Waals surface area contributed by atoms with Crippen LogP contribution >= 0.6 is 0 Å². The maximum Gasteiger partial charge on any atom is 0.104 e. The summed E-state index contributed by atoms with van der Waals surface area (Å²) in [7, 11) is 2.12. The van der Waals surface area contributed by atoms with E-state index < -0.39 is 0 Å².